The molecule has 2 unspecified atom stereocenters. The van der Waals surface area contributed by atoms with Crippen LogP contribution in [0.1, 0.15) is 26.7 Å². The van der Waals surface area contributed by atoms with Gasteiger partial charge in [0.05, 0.1) is 0 Å². The van der Waals surface area contributed by atoms with Gasteiger partial charge in [-0.05, 0) is 18.9 Å². The van der Waals surface area contributed by atoms with Crippen LogP contribution < -0.4 is 0 Å². The molecule has 94 valence electrons. The second-order valence-corrected chi connectivity index (χ2v) is 4.37. The van der Waals surface area contributed by atoms with Gasteiger partial charge in [0.2, 0.25) is 0 Å². The lowest BCUT2D eigenvalue weighted by molar-refractivity contribution is -0.164. The first-order valence-electron chi connectivity index (χ1n) is 5.26. The Balaban J connectivity index is 3.53. The summed E-state index contributed by atoms with van der Waals surface area (Å²) in [5, 5.41) is 18.8. The first kappa shape index (κ1) is 13.7. The quantitative estimate of drug-likeness (QED) is 0.757. The SMILES string of the molecule is CCC1(C(=O)O)C=NC(Cl)=CC1(CC)C(=O)O. The molecule has 17 heavy (non-hydrogen) atoms. The van der Waals surface area contributed by atoms with Crippen molar-refractivity contribution in [3.8, 4) is 0 Å². The zero-order chi connectivity index (χ0) is 13.3. The van der Waals surface area contributed by atoms with E-state index in [2.05, 4.69) is 4.99 Å². The minimum Gasteiger partial charge on any atom is -0.481 e. The Morgan fingerprint density at radius 3 is 2.06 bits per heavy atom. The van der Waals surface area contributed by atoms with Crippen molar-refractivity contribution in [2.24, 2.45) is 15.8 Å². The van der Waals surface area contributed by atoms with Crippen LogP contribution in [0.3, 0.4) is 0 Å². The van der Waals surface area contributed by atoms with Gasteiger partial charge in [0.15, 0.2) is 0 Å². The van der Waals surface area contributed by atoms with Crippen LogP contribution in [0, 0.1) is 10.8 Å². The highest BCUT2D eigenvalue weighted by Gasteiger charge is 2.59. The van der Waals surface area contributed by atoms with Gasteiger partial charge in [0.25, 0.3) is 0 Å². The van der Waals surface area contributed by atoms with Crippen molar-refractivity contribution in [3.63, 3.8) is 0 Å². The van der Waals surface area contributed by atoms with Crippen molar-refractivity contribution >= 4 is 29.8 Å². The molecule has 1 aliphatic rings. The molecule has 2 atom stereocenters. The predicted molar refractivity (Wildman–Crippen MR) is 63.1 cm³/mol. The summed E-state index contributed by atoms with van der Waals surface area (Å²) in [6, 6.07) is 0. The molecule has 0 saturated heterocycles. The summed E-state index contributed by atoms with van der Waals surface area (Å²) in [5.41, 5.74) is -3.10. The standard InChI is InChI=1S/C11H14ClNO4/c1-3-10(8(14)15)5-7(12)13-6-11(10,4-2)9(16)17/h5-6H,3-4H2,1-2H3,(H,14,15)(H,16,17). The van der Waals surface area contributed by atoms with Gasteiger partial charge in [-0.15, -0.1) is 0 Å². The Bertz CT molecular complexity index is 418. The second-order valence-electron chi connectivity index (χ2n) is 3.99. The summed E-state index contributed by atoms with van der Waals surface area (Å²) in [7, 11) is 0. The fourth-order valence-electron chi connectivity index (χ4n) is 2.28. The lowest BCUT2D eigenvalue weighted by Gasteiger charge is -2.41. The Morgan fingerprint density at radius 1 is 1.24 bits per heavy atom. The highest BCUT2D eigenvalue weighted by Crippen LogP contribution is 2.49. The largest absolute Gasteiger partial charge is 0.481 e. The average molecular weight is 260 g/mol. The van der Waals surface area contributed by atoms with Crippen LogP contribution >= 0.6 is 11.6 Å². The second kappa shape index (κ2) is 4.49. The number of hydrogen-bond donors (Lipinski definition) is 2. The minimum atomic E-state index is -1.55. The molecule has 0 aromatic heterocycles. The van der Waals surface area contributed by atoms with Crippen molar-refractivity contribution < 1.29 is 19.8 Å². The molecule has 1 heterocycles. The molecule has 0 fully saturated rings. The van der Waals surface area contributed by atoms with E-state index >= 15 is 0 Å². The monoisotopic (exact) mass is 259 g/mol. The number of carbonyl (C=O) groups is 2. The maximum absolute atomic E-state index is 11.5. The van der Waals surface area contributed by atoms with Gasteiger partial charge >= 0.3 is 11.9 Å². The molecule has 0 spiro atoms. The third-order valence-corrected chi connectivity index (χ3v) is 3.66. The topological polar surface area (TPSA) is 87.0 Å². The van der Waals surface area contributed by atoms with E-state index in [1.54, 1.807) is 13.8 Å². The van der Waals surface area contributed by atoms with Gasteiger partial charge in [0, 0.05) is 6.21 Å². The molecule has 6 heteroatoms. The fourth-order valence-corrected chi connectivity index (χ4v) is 2.52. The zero-order valence-electron chi connectivity index (χ0n) is 9.61. The Morgan fingerprint density at radius 2 is 1.71 bits per heavy atom. The number of rotatable bonds is 4. The maximum Gasteiger partial charge on any atom is 0.316 e. The molecule has 1 aliphatic heterocycles. The predicted octanol–water partition coefficient (Wildman–Crippen LogP) is 2.11. The van der Waals surface area contributed by atoms with E-state index in [-0.39, 0.29) is 18.0 Å². The third-order valence-electron chi connectivity index (χ3n) is 3.45. The molecule has 0 bridgehead atoms. The van der Waals surface area contributed by atoms with Gasteiger partial charge < -0.3 is 10.2 Å². The molecule has 0 aromatic carbocycles. The lowest BCUT2D eigenvalue weighted by atomic mass is 9.60. The summed E-state index contributed by atoms with van der Waals surface area (Å²) < 4.78 is 0. The highest BCUT2D eigenvalue weighted by molar-refractivity contribution is 6.30. The first-order chi connectivity index (χ1) is 7.86. The van der Waals surface area contributed by atoms with E-state index in [4.69, 9.17) is 11.6 Å². The van der Waals surface area contributed by atoms with Crippen molar-refractivity contribution in [3.05, 3.63) is 11.2 Å². The third kappa shape index (κ3) is 1.74. The Kier molecular flexibility index (Phi) is 3.62. The average Bonchev–Trinajstić information content (AvgIpc) is 2.28. The van der Waals surface area contributed by atoms with Gasteiger partial charge in [-0.3, -0.25) is 9.59 Å². The van der Waals surface area contributed by atoms with Crippen molar-refractivity contribution in [1.82, 2.24) is 0 Å². The van der Waals surface area contributed by atoms with Crippen molar-refractivity contribution in [2.75, 3.05) is 0 Å². The summed E-state index contributed by atoms with van der Waals surface area (Å²) in [6.45, 7) is 3.25. The molecular weight excluding hydrogens is 246 g/mol. The highest BCUT2D eigenvalue weighted by atomic mass is 35.5. The minimum absolute atomic E-state index is 0.0135. The van der Waals surface area contributed by atoms with E-state index in [1.165, 1.54) is 6.08 Å². The van der Waals surface area contributed by atoms with E-state index in [0.29, 0.717) is 0 Å². The number of hydrogen-bond acceptors (Lipinski definition) is 3. The Hall–Kier alpha value is -1.36. The Labute approximate surface area is 104 Å². The molecule has 2 N–H and O–H groups in total. The number of aliphatic carboxylic acids is 2. The normalized spacial score (nSPS) is 32.1. The fraction of sp³-hybridized carbons (Fsp3) is 0.545. The number of carboxylic acid groups (broad SMARTS) is 2. The summed E-state index contributed by atoms with van der Waals surface area (Å²) in [4.78, 5) is 26.7. The van der Waals surface area contributed by atoms with Crippen molar-refractivity contribution in [1.29, 1.82) is 0 Å². The molecular formula is C11H14ClNO4. The van der Waals surface area contributed by atoms with Crippen molar-refractivity contribution in [2.45, 2.75) is 26.7 Å². The van der Waals surface area contributed by atoms with Crippen LogP contribution in [0.5, 0.6) is 0 Å². The van der Waals surface area contributed by atoms with E-state index in [0.717, 1.165) is 6.21 Å². The molecule has 5 nitrogen and oxygen atoms in total. The molecule has 0 radical (unpaired) electrons. The molecule has 0 saturated carbocycles. The summed E-state index contributed by atoms with van der Waals surface area (Å²) in [5.74, 6) is -2.40. The first-order valence-corrected chi connectivity index (χ1v) is 5.64. The van der Waals surface area contributed by atoms with Crippen LogP contribution in [0.25, 0.3) is 0 Å². The van der Waals surface area contributed by atoms with Gasteiger partial charge in [-0.1, -0.05) is 25.4 Å². The number of carboxylic acids is 2. The van der Waals surface area contributed by atoms with Crippen LogP contribution in [0.2, 0.25) is 0 Å². The van der Waals surface area contributed by atoms with Crippen LogP contribution in [0.15, 0.2) is 16.2 Å². The molecule has 0 aromatic rings. The van der Waals surface area contributed by atoms with Gasteiger partial charge in [-0.2, -0.15) is 0 Å². The molecule has 0 amide bonds. The number of nitrogens with zero attached hydrogens (tertiary/aromatic N) is 1. The van der Waals surface area contributed by atoms with E-state index < -0.39 is 22.8 Å². The summed E-state index contributed by atoms with van der Waals surface area (Å²) in [6.07, 6.45) is 2.64. The van der Waals surface area contributed by atoms with E-state index in [9.17, 15) is 19.8 Å². The number of aliphatic imine (C=N–C) groups is 1. The smallest absolute Gasteiger partial charge is 0.316 e. The van der Waals surface area contributed by atoms with E-state index in [1.807, 2.05) is 0 Å². The molecule has 0 aliphatic carbocycles. The summed E-state index contributed by atoms with van der Waals surface area (Å²) >= 11 is 5.72. The van der Waals surface area contributed by atoms with Crippen LogP contribution in [-0.4, -0.2) is 28.4 Å². The van der Waals surface area contributed by atoms with Gasteiger partial charge in [-0.25, -0.2) is 4.99 Å². The van der Waals surface area contributed by atoms with Gasteiger partial charge in [0.1, 0.15) is 16.0 Å². The molecule has 1 rings (SSSR count). The maximum atomic E-state index is 11.5. The lowest BCUT2D eigenvalue weighted by Crippen LogP contribution is -2.53. The number of halogens is 1. The van der Waals surface area contributed by atoms with Crippen LogP contribution in [0.4, 0.5) is 0 Å². The zero-order valence-corrected chi connectivity index (χ0v) is 10.4. The van der Waals surface area contributed by atoms with Crippen LogP contribution in [-0.2, 0) is 9.59 Å².